The van der Waals surface area contributed by atoms with E-state index in [1.54, 1.807) is 0 Å². The van der Waals surface area contributed by atoms with Gasteiger partial charge in [0.2, 0.25) is 0 Å². The molecule has 2 atom stereocenters. The quantitative estimate of drug-likeness (QED) is 0.181. The van der Waals surface area contributed by atoms with E-state index in [1.165, 1.54) is 11.1 Å². The molecule has 0 radical (unpaired) electrons. The number of hydrogen-bond acceptors (Lipinski definition) is 4. The molecule has 2 aromatic heterocycles. The fourth-order valence-electron chi connectivity index (χ4n) is 7.28. The molecule has 0 spiro atoms. The van der Waals surface area contributed by atoms with Gasteiger partial charge < -0.3 is 4.42 Å². The number of rotatable bonds is 6. The van der Waals surface area contributed by atoms with E-state index in [-0.39, 0.29) is 12.0 Å². The van der Waals surface area contributed by atoms with Crippen LogP contribution in [0.4, 0.5) is 0 Å². The van der Waals surface area contributed by atoms with Crippen LogP contribution in [0, 0.1) is 12.8 Å². The van der Waals surface area contributed by atoms with Gasteiger partial charge in [-0.3, -0.25) is 4.99 Å². The van der Waals surface area contributed by atoms with Crippen LogP contribution in [0.3, 0.4) is 0 Å². The molecule has 0 fully saturated rings. The van der Waals surface area contributed by atoms with Crippen LogP contribution in [-0.2, 0) is 0 Å². The first-order valence-electron chi connectivity index (χ1n) is 17.3. The number of aryl methyl sites for hydroxylation is 1. The highest BCUT2D eigenvalue weighted by molar-refractivity contribution is 6.16. The predicted molar refractivity (Wildman–Crippen MR) is 207 cm³/mol. The van der Waals surface area contributed by atoms with Crippen molar-refractivity contribution < 1.29 is 4.42 Å². The van der Waals surface area contributed by atoms with E-state index >= 15 is 0 Å². The lowest BCUT2D eigenvalue weighted by atomic mass is 9.83. The summed E-state index contributed by atoms with van der Waals surface area (Å²) in [6.45, 7) is 4.33. The third-order valence-corrected chi connectivity index (χ3v) is 9.97. The Morgan fingerprint density at radius 2 is 1.22 bits per heavy atom. The summed E-state index contributed by atoms with van der Waals surface area (Å²) in [5, 5.41) is 3.31. The Morgan fingerprint density at radius 1 is 0.580 bits per heavy atom. The molecule has 4 heteroatoms. The first-order valence-corrected chi connectivity index (χ1v) is 17.3. The van der Waals surface area contributed by atoms with Crippen molar-refractivity contribution in [3.05, 3.63) is 174 Å². The number of fused-ring (bicyclic) bond motifs is 4. The summed E-state index contributed by atoms with van der Waals surface area (Å²) < 4.78 is 6.60. The lowest BCUT2D eigenvalue weighted by Crippen LogP contribution is -2.28. The van der Waals surface area contributed by atoms with Gasteiger partial charge in [-0.25, -0.2) is 9.98 Å². The standard InChI is InChI=1S/C46H35N3O/c1-3-37-44(31-10-6-4-7-11-31)48-46(32-12-8-5-9-13-32)49-45(37)36-19-23-39-38-22-18-34(27-42(38)50-43(39)28-36)33-20-24-41-35(26-33)21-25-40(47-41)30-16-14-29(2)15-17-30/h4-28,37,44H,3H2,1-2H3. The molecule has 0 saturated carbocycles. The van der Waals surface area contributed by atoms with Crippen LogP contribution in [0.5, 0.6) is 0 Å². The maximum Gasteiger partial charge on any atom is 0.155 e. The molecule has 50 heavy (non-hydrogen) atoms. The first kappa shape index (κ1) is 30.0. The Labute approximate surface area is 291 Å². The van der Waals surface area contributed by atoms with Gasteiger partial charge in [-0.15, -0.1) is 0 Å². The average Bonchev–Trinajstić information content (AvgIpc) is 3.55. The summed E-state index contributed by atoms with van der Waals surface area (Å²) in [6, 6.07) is 53.2. The Morgan fingerprint density at radius 3 is 1.96 bits per heavy atom. The molecular formula is C46H35N3O. The van der Waals surface area contributed by atoms with E-state index in [0.29, 0.717) is 0 Å². The summed E-state index contributed by atoms with van der Waals surface area (Å²) in [5.74, 6) is 0.902. The van der Waals surface area contributed by atoms with Crippen molar-refractivity contribution in [2.75, 3.05) is 0 Å². The van der Waals surface area contributed by atoms with Crippen LogP contribution < -0.4 is 0 Å². The topological polar surface area (TPSA) is 50.8 Å². The van der Waals surface area contributed by atoms with E-state index in [1.807, 2.05) is 18.2 Å². The van der Waals surface area contributed by atoms with Crippen molar-refractivity contribution in [1.82, 2.24) is 4.98 Å². The second kappa shape index (κ2) is 12.4. The molecule has 0 amide bonds. The van der Waals surface area contributed by atoms with E-state index in [2.05, 4.69) is 147 Å². The molecule has 0 N–H and O–H groups in total. The summed E-state index contributed by atoms with van der Waals surface area (Å²) in [4.78, 5) is 15.4. The van der Waals surface area contributed by atoms with Gasteiger partial charge in [0.05, 0.1) is 23.0 Å². The number of amidine groups is 1. The molecule has 6 aromatic carbocycles. The van der Waals surface area contributed by atoms with Crippen LogP contribution in [0.25, 0.3) is 55.2 Å². The third-order valence-electron chi connectivity index (χ3n) is 9.97. The molecule has 3 heterocycles. The van der Waals surface area contributed by atoms with Crippen molar-refractivity contribution in [1.29, 1.82) is 0 Å². The van der Waals surface area contributed by atoms with Crippen LogP contribution in [0.15, 0.2) is 166 Å². The number of pyridine rings is 1. The zero-order chi connectivity index (χ0) is 33.6. The van der Waals surface area contributed by atoms with Gasteiger partial charge in [0.25, 0.3) is 0 Å². The molecular weight excluding hydrogens is 611 g/mol. The minimum atomic E-state index is -0.0239. The Bertz CT molecular complexity index is 2580. The van der Waals surface area contributed by atoms with Gasteiger partial charge in [-0.1, -0.05) is 122 Å². The predicted octanol–water partition coefficient (Wildman–Crippen LogP) is 11.8. The van der Waals surface area contributed by atoms with E-state index in [9.17, 15) is 0 Å². The molecule has 0 aliphatic carbocycles. The van der Waals surface area contributed by atoms with Crippen LogP contribution >= 0.6 is 0 Å². The minimum absolute atomic E-state index is 0.0239. The maximum atomic E-state index is 6.60. The fourth-order valence-corrected chi connectivity index (χ4v) is 7.28. The molecule has 9 rings (SSSR count). The number of furan rings is 1. The number of nitrogens with zero attached hydrogens (tertiary/aromatic N) is 3. The number of aliphatic imine (C=N–C) groups is 2. The highest BCUT2D eigenvalue weighted by Gasteiger charge is 2.32. The van der Waals surface area contributed by atoms with Crippen molar-refractivity contribution in [2.45, 2.75) is 26.3 Å². The summed E-state index contributed by atoms with van der Waals surface area (Å²) in [5.41, 5.74) is 12.7. The molecule has 240 valence electrons. The summed E-state index contributed by atoms with van der Waals surface area (Å²) >= 11 is 0. The first-order chi connectivity index (χ1) is 24.6. The van der Waals surface area contributed by atoms with Crippen molar-refractivity contribution in [2.24, 2.45) is 15.9 Å². The van der Waals surface area contributed by atoms with Gasteiger partial charge in [0, 0.05) is 38.8 Å². The van der Waals surface area contributed by atoms with Crippen molar-refractivity contribution in [3.8, 4) is 22.4 Å². The van der Waals surface area contributed by atoms with Gasteiger partial charge in [0.15, 0.2) is 5.84 Å². The molecule has 8 aromatic rings. The lowest BCUT2D eigenvalue weighted by molar-refractivity contribution is 0.532. The summed E-state index contributed by atoms with van der Waals surface area (Å²) in [7, 11) is 0. The summed E-state index contributed by atoms with van der Waals surface area (Å²) in [6.07, 6.45) is 0.917. The van der Waals surface area contributed by atoms with Gasteiger partial charge in [-0.05, 0) is 72.5 Å². The second-order valence-corrected chi connectivity index (χ2v) is 13.2. The molecule has 0 bridgehead atoms. The Hall–Kier alpha value is -6.13. The number of aromatic nitrogens is 1. The van der Waals surface area contributed by atoms with Crippen LogP contribution in [0.1, 0.15) is 41.6 Å². The molecule has 1 aliphatic heterocycles. The zero-order valence-electron chi connectivity index (χ0n) is 28.0. The molecule has 4 nitrogen and oxygen atoms in total. The normalized spacial score (nSPS) is 16.1. The zero-order valence-corrected chi connectivity index (χ0v) is 28.0. The number of hydrogen-bond donors (Lipinski definition) is 0. The Balaban J connectivity index is 1.08. The van der Waals surface area contributed by atoms with Crippen LogP contribution in [-0.4, -0.2) is 16.5 Å². The Kier molecular flexibility index (Phi) is 7.43. The van der Waals surface area contributed by atoms with Crippen molar-refractivity contribution in [3.63, 3.8) is 0 Å². The molecule has 1 aliphatic rings. The maximum absolute atomic E-state index is 6.60. The average molecular weight is 646 g/mol. The highest BCUT2D eigenvalue weighted by Crippen LogP contribution is 2.38. The highest BCUT2D eigenvalue weighted by atomic mass is 16.3. The SMILES string of the molecule is CCC1C(c2ccc3c(c2)oc2cc(-c4ccc5nc(-c6ccc(C)cc6)ccc5c4)ccc23)=NC(c2ccccc2)=NC1c1ccccc1. The molecule has 2 unspecified atom stereocenters. The fraction of sp³-hybridized carbons (Fsp3) is 0.109. The lowest BCUT2D eigenvalue weighted by Gasteiger charge is -2.29. The van der Waals surface area contributed by atoms with Gasteiger partial charge in [-0.2, -0.15) is 0 Å². The van der Waals surface area contributed by atoms with Crippen molar-refractivity contribution >= 4 is 44.4 Å². The van der Waals surface area contributed by atoms with E-state index in [4.69, 9.17) is 19.4 Å². The van der Waals surface area contributed by atoms with E-state index < -0.39 is 0 Å². The third kappa shape index (κ3) is 5.39. The minimum Gasteiger partial charge on any atom is -0.456 e. The van der Waals surface area contributed by atoms with Gasteiger partial charge >= 0.3 is 0 Å². The second-order valence-electron chi connectivity index (χ2n) is 13.2. The smallest absolute Gasteiger partial charge is 0.155 e. The molecule has 0 saturated heterocycles. The van der Waals surface area contributed by atoms with Crippen LogP contribution in [0.2, 0.25) is 0 Å². The number of benzene rings is 6. The van der Waals surface area contributed by atoms with Gasteiger partial charge in [0.1, 0.15) is 11.2 Å². The largest absolute Gasteiger partial charge is 0.456 e. The van der Waals surface area contributed by atoms with E-state index in [0.717, 1.165) is 84.3 Å². The monoisotopic (exact) mass is 645 g/mol.